The summed E-state index contributed by atoms with van der Waals surface area (Å²) in [5.74, 6) is -0.189. The summed E-state index contributed by atoms with van der Waals surface area (Å²) in [6.45, 7) is 4.70. The number of aliphatic hydroxyl groups excluding tert-OH is 1. The third kappa shape index (κ3) is 56.7. The van der Waals surface area contributed by atoms with Crippen LogP contribution in [0.5, 0.6) is 0 Å². The molecule has 73 heavy (non-hydrogen) atoms. The number of unbranched alkanes of at least 4 members (excludes halogenated alkanes) is 24. The van der Waals surface area contributed by atoms with Gasteiger partial charge in [-0.05, 0) is 83.5 Å². The highest BCUT2D eigenvalue weighted by molar-refractivity contribution is 7.47. The lowest BCUT2D eigenvalue weighted by Gasteiger charge is -2.25. The number of aliphatic hydroxyl groups is 1. The molecule has 0 aliphatic rings. The predicted molar refractivity (Wildman–Crippen MR) is 318 cm³/mol. The smallest absolute Gasteiger partial charge is 0.387 e. The van der Waals surface area contributed by atoms with E-state index in [9.17, 15) is 19.4 Å². The Balaban J connectivity index is 4.22. The predicted octanol–water partition coefficient (Wildman–Crippen LogP) is 18.4. The number of quaternary nitrogens is 1. The van der Waals surface area contributed by atoms with Crippen LogP contribution in [0.2, 0.25) is 0 Å². The fourth-order valence-electron chi connectivity index (χ4n) is 8.12. The van der Waals surface area contributed by atoms with Crippen molar-refractivity contribution in [2.45, 2.75) is 251 Å². The normalized spacial score (nSPS) is 14.7. The van der Waals surface area contributed by atoms with E-state index in [1.54, 1.807) is 6.08 Å². The van der Waals surface area contributed by atoms with Crippen molar-refractivity contribution in [1.82, 2.24) is 5.32 Å². The molecule has 0 rings (SSSR count). The molecule has 0 aromatic heterocycles. The zero-order valence-corrected chi connectivity index (χ0v) is 48.7. The molecule has 0 radical (unpaired) electrons. The number of phosphoric ester groups is 1. The molecule has 0 aliphatic carbocycles. The Kier molecular flexibility index (Phi) is 51.9. The monoisotopic (exact) mass is 1040 g/mol. The topological polar surface area (TPSA) is 105 Å². The van der Waals surface area contributed by atoms with Gasteiger partial charge in [-0.2, -0.15) is 0 Å². The van der Waals surface area contributed by atoms with Gasteiger partial charge in [0.1, 0.15) is 13.2 Å². The number of amides is 1. The van der Waals surface area contributed by atoms with E-state index >= 15 is 0 Å². The number of allylic oxidation sites excluding steroid dienone is 17. The van der Waals surface area contributed by atoms with Crippen LogP contribution in [0.15, 0.2) is 109 Å². The van der Waals surface area contributed by atoms with E-state index in [2.05, 4.69) is 116 Å². The summed E-state index contributed by atoms with van der Waals surface area (Å²) in [6.07, 6.45) is 79.0. The van der Waals surface area contributed by atoms with Gasteiger partial charge in [0.15, 0.2) is 0 Å². The molecule has 3 atom stereocenters. The first kappa shape index (κ1) is 70.2. The molecule has 420 valence electrons. The fraction of sp³-hybridized carbons (Fsp3) is 0.703. The first-order valence-corrected chi connectivity index (χ1v) is 31.3. The number of phosphoric acid groups is 1. The second-order valence-corrected chi connectivity index (χ2v) is 22.4. The summed E-state index contributed by atoms with van der Waals surface area (Å²) in [6, 6.07) is -0.859. The van der Waals surface area contributed by atoms with Gasteiger partial charge in [-0.3, -0.25) is 13.8 Å². The Morgan fingerprint density at radius 3 is 1.21 bits per heavy atom. The molecule has 3 N–H and O–H groups in total. The molecular formula is C64H114N2O6P+. The van der Waals surface area contributed by atoms with Gasteiger partial charge in [0, 0.05) is 6.42 Å². The Morgan fingerprint density at radius 2 is 0.822 bits per heavy atom. The quantitative estimate of drug-likeness (QED) is 0.0243. The summed E-state index contributed by atoms with van der Waals surface area (Å²) in [7, 11) is 1.55. The number of carbonyl (C=O) groups is 1. The van der Waals surface area contributed by atoms with Gasteiger partial charge in [-0.15, -0.1) is 0 Å². The van der Waals surface area contributed by atoms with Crippen molar-refractivity contribution >= 4 is 13.7 Å². The standard InChI is InChI=1S/C64H113N2O6P/c1-6-8-10-12-14-16-18-20-22-24-26-27-28-29-30-31-32-33-34-35-36-37-38-39-40-42-44-46-48-50-52-54-56-58-64(68)65-62(61-72-73(69,70)71-60-59-66(3,4)5)63(67)57-55-53-51-49-47-45-43-41-25-23-21-19-17-15-13-11-9-7-2/h8,10,14,16,20,22,26-27,29-30,32-33,35-36,38-39,55,57,62-63,67H,6-7,9,11-13,15,17-19,21,23-25,28,31,34,37,40-54,56,58-61H2,1-5H3,(H-,65,68,69,70)/p+1/b10-8-,16-14-,22-20-,27-26-,30-29-,33-32-,36-35-,39-38-,57-55+. The van der Waals surface area contributed by atoms with Gasteiger partial charge in [-0.25, -0.2) is 4.57 Å². The van der Waals surface area contributed by atoms with Gasteiger partial charge < -0.3 is 19.8 Å². The van der Waals surface area contributed by atoms with E-state index in [-0.39, 0.29) is 19.1 Å². The number of rotatable bonds is 53. The van der Waals surface area contributed by atoms with E-state index < -0.39 is 20.0 Å². The van der Waals surface area contributed by atoms with E-state index in [1.165, 1.54) is 116 Å². The van der Waals surface area contributed by atoms with Gasteiger partial charge in [-0.1, -0.05) is 258 Å². The highest BCUT2D eigenvalue weighted by Crippen LogP contribution is 2.43. The molecule has 0 saturated heterocycles. The van der Waals surface area contributed by atoms with Crippen LogP contribution >= 0.6 is 7.82 Å². The lowest BCUT2D eigenvalue weighted by molar-refractivity contribution is -0.870. The molecule has 8 nitrogen and oxygen atoms in total. The first-order chi connectivity index (χ1) is 35.5. The fourth-order valence-corrected chi connectivity index (χ4v) is 8.85. The maximum atomic E-state index is 13.0. The zero-order chi connectivity index (χ0) is 53.5. The van der Waals surface area contributed by atoms with Crippen molar-refractivity contribution < 1.29 is 32.9 Å². The summed E-state index contributed by atoms with van der Waals surface area (Å²) < 4.78 is 23.7. The third-order valence-electron chi connectivity index (χ3n) is 12.7. The van der Waals surface area contributed by atoms with Gasteiger partial charge in [0.05, 0.1) is 39.9 Å². The Bertz CT molecular complexity index is 1550. The van der Waals surface area contributed by atoms with E-state index in [1.807, 2.05) is 27.2 Å². The van der Waals surface area contributed by atoms with Crippen LogP contribution in [-0.4, -0.2) is 73.4 Å². The van der Waals surface area contributed by atoms with Crippen molar-refractivity contribution in [2.75, 3.05) is 40.9 Å². The summed E-state index contributed by atoms with van der Waals surface area (Å²) in [5, 5.41) is 13.9. The molecule has 3 unspecified atom stereocenters. The van der Waals surface area contributed by atoms with Crippen molar-refractivity contribution in [1.29, 1.82) is 0 Å². The summed E-state index contributed by atoms with van der Waals surface area (Å²) in [4.78, 5) is 23.3. The lowest BCUT2D eigenvalue weighted by Crippen LogP contribution is -2.45. The second kappa shape index (κ2) is 54.0. The minimum absolute atomic E-state index is 0.0547. The molecule has 1 amide bonds. The van der Waals surface area contributed by atoms with Gasteiger partial charge in [0.2, 0.25) is 5.91 Å². The summed E-state index contributed by atoms with van der Waals surface area (Å²) >= 11 is 0. The van der Waals surface area contributed by atoms with Crippen molar-refractivity contribution in [3.05, 3.63) is 109 Å². The third-order valence-corrected chi connectivity index (χ3v) is 13.7. The maximum Gasteiger partial charge on any atom is 0.472 e. The molecule has 0 aliphatic heterocycles. The van der Waals surface area contributed by atoms with Crippen LogP contribution in [0.25, 0.3) is 0 Å². The average molecular weight is 1040 g/mol. The van der Waals surface area contributed by atoms with E-state index in [4.69, 9.17) is 9.05 Å². The molecule has 0 bridgehead atoms. The van der Waals surface area contributed by atoms with Crippen LogP contribution in [0.3, 0.4) is 0 Å². The largest absolute Gasteiger partial charge is 0.472 e. The average Bonchev–Trinajstić information content (AvgIpc) is 3.35. The summed E-state index contributed by atoms with van der Waals surface area (Å²) in [5.41, 5.74) is 0. The van der Waals surface area contributed by atoms with E-state index in [0.717, 1.165) is 103 Å². The maximum absolute atomic E-state index is 13.0. The highest BCUT2D eigenvalue weighted by atomic mass is 31.2. The Morgan fingerprint density at radius 1 is 0.479 bits per heavy atom. The Hall–Kier alpha value is -2.84. The number of hydrogen-bond donors (Lipinski definition) is 3. The van der Waals surface area contributed by atoms with Crippen LogP contribution < -0.4 is 5.32 Å². The van der Waals surface area contributed by atoms with Crippen molar-refractivity contribution in [2.24, 2.45) is 0 Å². The van der Waals surface area contributed by atoms with Crippen LogP contribution in [0, 0.1) is 0 Å². The SMILES string of the molecule is CC/C=C\C/C=C\C/C=C\C/C=C\C/C=C\C/C=C\C/C=C\C/C=C\CCCCCCCCCCC(=O)NC(COP(=O)(O)OCC[N+](C)(C)C)C(O)/C=C/CCCCCCCCCCCCCCCCCC. The molecule has 0 saturated carbocycles. The van der Waals surface area contributed by atoms with Crippen LogP contribution in [0.1, 0.15) is 239 Å². The highest BCUT2D eigenvalue weighted by Gasteiger charge is 2.27. The minimum Gasteiger partial charge on any atom is -0.387 e. The molecule has 0 aromatic carbocycles. The Labute approximate surface area is 451 Å². The number of likely N-dealkylation sites (N-methyl/N-ethyl adjacent to an activating group) is 1. The van der Waals surface area contributed by atoms with Gasteiger partial charge in [0.25, 0.3) is 0 Å². The van der Waals surface area contributed by atoms with Crippen molar-refractivity contribution in [3.8, 4) is 0 Å². The molecule has 9 heteroatoms. The second-order valence-electron chi connectivity index (χ2n) is 21.0. The molecule has 0 fully saturated rings. The number of nitrogens with one attached hydrogen (secondary N) is 1. The number of nitrogens with zero attached hydrogens (tertiary/aromatic N) is 1. The van der Waals surface area contributed by atoms with Crippen LogP contribution in [0.4, 0.5) is 0 Å². The first-order valence-electron chi connectivity index (χ1n) is 29.8. The lowest BCUT2D eigenvalue weighted by atomic mass is 10.0. The molecule has 0 aromatic rings. The number of carbonyl (C=O) groups excluding carboxylic acids is 1. The number of hydrogen-bond acceptors (Lipinski definition) is 5. The molecule has 0 spiro atoms. The van der Waals surface area contributed by atoms with Gasteiger partial charge >= 0.3 is 7.82 Å². The van der Waals surface area contributed by atoms with E-state index in [0.29, 0.717) is 17.4 Å². The van der Waals surface area contributed by atoms with Crippen molar-refractivity contribution in [3.63, 3.8) is 0 Å². The molecule has 0 heterocycles. The van der Waals surface area contributed by atoms with Crippen LogP contribution in [-0.2, 0) is 18.4 Å². The molecular weight excluding hydrogens is 924 g/mol. The minimum atomic E-state index is -4.36. The zero-order valence-electron chi connectivity index (χ0n) is 47.8.